The highest BCUT2D eigenvalue weighted by Gasteiger charge is 2.17. The van der Waals surface area contributed by atoms with Crippen molar-refractivity contribution in [3.63, 3.8) is 0 Å². The molecule has 1 heterocycles. The summed E-state index contributed by atoms with van der Waals surface area (Å²) in [5.41, 5.74) is 0.242. The number of aromatic nitrogens is 2. The molecule has 0 saturated carbocycles. The van der Waals surface area contributed by atoms with Gasteiger partial charge < -0.3 is 4.90 Å². The van der Waals surface area contributed by atoms with E-state index in [-0.39, 0.29) is 17.6 Å². The van der Waals surface area contributed by atoms with Gasteiger partial charge in [0.1, 0.15) is 6.20 Å². The highest BCUT2D eigenvalue weighted by atomic mass is 16.6. The van der Waals surface area contributed by atoms with Gasteiger partial charge in [-0.15, -0.1) is 0 Å². The Morgan fingerprint density at radius 2 is 2.33 bits per heavy atom. The molecule has 1 amide bonds. The summed E-state index contributed by atoms with van der Waals surface area (Å²) in [7, 11) is 1.71. The van der Waals surface area contributed by atoms with Crippen LogP contribution in [0.5, 0.6) is 0 Å². The average molecular weight is 169 g/mol. The largest absolute Gasteiger partial charge is 0.338 e. The minimum Gasteiger partial charge on any atom is -0.338 e. The van der Waals surface area contributed by atoms with Gasteiger partial charge in [0.15, 0.2) is 5.69 Å². The minimum atomic E-state index is -0.175. The normalized spacial score (nSPS) is 10.3. The van der Waals surface area contributed by atoms with Gasteiger partial charge in [0.05, 0.1) is 0 Å². The fraction of sp³-hybridized carbons (Fsp3) is 0.571. The van der Waals surface area contributed by atoms with Crippen LogP contribution < -0.4 is 0 Å². The molecule has 0 bridgehead atoms. The Morgan fingerprint density at radius 1 is 1.67 bits per heavy atom. The Morgan fingerprint density at radius 3 is 2.75 bits per heavy atom. The molecule has 1 aromatic rings. The van der Waals surface area contributed by atoms with Gasteiger partial charge in [0.2, 0.25) is 0 Å². The molecule has 1 rings (SSSR count). The van der Waals surface area contributed by atoms with E-state index in [9.17, 15) is 4.79 Å². The predicted octanol–water partition coefficient (Wildman–Crippen LogP) is 0.550. The average Bonchev–Trinajstić information content (AvgIpc) is 2.53. The SMILES string of the molecule is CC(C)N(C)C(=O)c1cnon1. The second-order valence-electron chi connectivity index (χ2n) is 2.80. The standard InChI is InChI=1S/C7H11N3O2/c1-5(2)10(3)7(11)6-4-8-12-9-6/h4-5H,1-3H3. The Balaban J connectivity index is 2.72. The molecule has 0 aliphatic carbocycles. The Hall–Kier alpha value is -1.39. The second kappa shape index (κ2) is 3.34. The van der Waals surface area contributed by atoms with Crippen LogP contribution in [-0.2, 0) is 0 Å². The summed E-state index contributed by atoms with van der Waals surface area (Å²) in [4.78, 5) is 13.0. The molecule has 1 aromatic heterocycles. The highest BCUT2D eigenvalue weighted by Crippen LogP contribution is 2.01. The minimum absolute atomic E-state index is 0.147. The maximum absolute atomic E-state index is 11.4. The zero-order valence-electron chi connectivity index (χ0n) is 7.31. The molecular formula is C7H11N3O2. The molecule has 0 fully saturated rings. The molecule has 0 aromatic carbocycles. The summed E-state index contributed by atoms with van der Waals surface area (Å²) in [6, 6.07) is 0.147. The van der Waals surface area contributed by atoms with Crippen molar-refractivity contribution in [3.05, 3.63) is 11.9 Å². The van der Waals surface area contributed by atoms with Gasteiger partial charge in [-0.1, -0.05) is 5.16 Å². The van der Waals surface area contributed by atoms with Crippen molar-refractivity contribution < 1.29 is 9.42 Å². The first-order chi connectivity index (χ1) is 5.63. The van der Waals surface area contributed by atoms with E-state index >= 15 is 0 Å². The van der Waals surface area contributed by atoms with Crippen LogP contribution in [0.4, 0.5) is 0 Å². The summed E-state index contributed by atoms with van der Waals surface area (Å²) in [6.45, 7) is 3.84. The van der Waals surface area contributed by atoms with E-state index in [0.717, 1.165) is 0 Å². The van der Waals surface area contributed by atoms with E-state index in [2.05, 4.69) is 14.9 Å². The summed E-state index contributed by atoms with van der Waals surface area (Å²) in [5, 5.41) is 6.79. The Kier molecular flexibility index (Phi) is 2.42. The molecule has 0 N–H and O–H groups in total. The van der Waals surface area contributed by atoms with Gasteiger partial charge in [-0.2, -0.15) is 0 Å². The number of rotatable bonds is 2. The summed E-state index contributed by atoms with van der Waals surface area (Å²) >= 11 is 0. The summed E-state index contributed by atoms with van der Waals surface area (Å²) in [5.74, 6) is -0.175. The molecule has 0 spiro atoms. The smallest absolute Gasteiger partial charge is 0.277 e. The summed E-state index contributed by atoms with van der Waals surface area (Å²) < 4.78 is 4.32. The lowest BCUT2D eigenvalue weighted by atomic mass is 10.3. The van der Waals surface area contributed by atoms with Gasteiger partial charge in [-0.3, -0.25) is 4.79 Å². The lowest BCUT2D eigenvalue weighted by Crippen LogP contribution is -2.33. The molecule has 0 unspecified atom stereocenters. The number of hydrogen-bond acceptors (Lipinski definition) is 4. The number of carbonyl (C=O) groups excluding carboxylic acids is 1. The van der Waals surface area contributed by atoms with Crippen LogP contribution in [0.1, 0.15) is 24.3 Å². The number of nitrogens with zero attached hydrogens (tertiary/aromatic N) is 3. The molecule has 0 atom stereocenters. The first kappa shape index (κ1) is 8.70. The zero-order valence-corrected chi connectivity index (χ0v) is 7.31. The maximum Gasteiger partial charge on any atom is 0.277 e. The van der Waals surface area contributed by atoms with Crippen molar-refractivity contribution in [2.24, 2.45) is 0 Å². The highest BCUT2D eigenvalue weighted by molar-refractivity contribution is 5.91. The molecule has 12 heavy (non-hydrogen) atoms. The molecule has 0 aliphatic heterocycles. The maximum atomic E-state index is 11.4. The number of carbonyl (C=O) groups is 1. The molecule has 0 saturated heterocycles. The lowest BCUT2D eigenvalue weighted by molar-refractivity contribution is 0.0743. The topological polar surface area (TPSA) is 59.2 Å². The number of hydrogen-bond donors (Lipinski definition) is 0. The van der Waals surface area contributed by atoms with Crippen molar-refractivity contribution in [2.75, 3.05) is 7.05 Å². The van der Waals surface area contributed by atoms with Crippen LogP contribution in [0.15, 0.2) is 10.8 Å². The Labute approximate surface area is 70.3 Å². The third kappa shape index (κ3) is 1.61. The monoisotopic (exact) mass is 169 g/mol. The second-order valence-corrected chi connectivity index (χ2v) is 2.80. The molecule has 0 aliphatic rings. The fourth-order valence-corrected chi connectivity index (χ4v) is 0.674. The van der Waals surface area contributed by atoms with Gasteiger partial charge in [0.25, 0.3) is 5.91 Å². The number of amides is 1. The van der Waals surface area contributed by atoms with Crippen LogP contribution >= 0.6 is 0 Å². The zero-order chi connectivity index (χ0) is 9.14. The predicted molar refractivity (Wildman–Crippen MR) is 41.5 cm³/mol. The third-order valence-electron chi connectivity index (χ3n) is 1.68. The van der Waals surface area contributed by atoms with Gasteiger partial charge in [0, 0.05) is 13.1 Å². The Bertz CT molecular complexity index is 256. The lowest BCUT2D eigenvalue weighted by Gasteiger charge is -2.19. The van der Waals surface area contributed by atoms with Crippen LogP contribution in [0.2, 0.25) is 0 Å². The molecule has 5 nitrogen and oxygen atoms in total. The third-order valence-corrected chi connectivity index (χ3v) is 1.68. The van der Waals surface area contributed by atoms with Gasteiger partial charge in [-0.05, 0) is 19.0 Å². The molecule has 5 heteroatoms. The first-order valence-corrected chi connectivity index (χ1v) is 3.67. The quantitative estimate of drug-likeness (QED) is 0.648. The van der Waals surface area contributed by atoms with E-state index in [4.69, 9.17) is 0 Å². The summed E-state index contributed by atoms with van der Waals surface area (Å²) in [6.07, 6.45) is 1.31. The molecule has 0 radical (unpaired) electrons. The van der Waals surface area contributed by atoms with Gasteiger partial charge in [-0.25, -0.2) is 4.63 Å². The van der Waals surface area contributed by atoms with Gasteiger partial charge >= 0.3 is 0 Å². The fourth-order valence-electron chi connectivity index (χ4n) is 0.674. The van der Waals surface area contributed by atoms with Crippen molar-refractivity contribution >= 4 is 5.91 Å². The first-order valence-electron chi connectivity index (χ1n) is 3.67. The van der Waals surface area contributed by atoms with E-state index < -0.39 is 0 Å². The molecule has 66 valence electrons. The van der Waals surface area contributed by atoms with Crippen molar-refractivity contribution in [3.8, 4) is 0 Å². The van der Waals surface area contributed by atoms with E-state index in [1.54, 1.807) is 11.9 Å². The van der Waals surface area contributed by atoms with Crippen molar-refractivity contribution in [1.82, 2.24) is 15.2 Å². The van der Waals surface area contributed by atoms with Crippen LogP contribution in [-0.4, -0.2) is 34.2 Å². The van der Waals surface area contributed by atoms with E-state index in [1.165, 1.54) is 6.20 Å². The van der Waals surface area contributed by atoms with Crippen LogP contribution in [0.3, 0.4) is 0 Å². The van der Waals surface area contributed by atoms with Crippen molar-refractivity contribution in [1.29, 1.82) is 0 Å². The molecular weight excluding hydrogens is 158 g/mol. The van der Waals surface area contributed by atoms with E-state index in [1.807, 2.05) is 13.8 Å². The van der Waals surface area contributed by atoms with Crippen LogP contribution in [0.25, 0.3) is 0 Å². The van der Waals surface area contributed by atoms with Crippen LogP contribution in [0, 0.1) is 0 Å². The van der Waals surface area contributed by atoms with E-state index in [0.29, 0.717) is 0 Å². The van der Waals surface area contributed by atoms with Crippen molar-refractivity contribution in [2.45, 2.75) is 19.9 Å².